The summed E-state index contributed by atoms with van der Waals surface area (Å²) in [4.78, 5) is 0. The fourth-order valence-electron chi connectivity index (χ4n) is 3.10. The van der Waals surface area contributed by atoms with Crippen LogP contribution in [0, 0.1) is 11.8 Å². The van der Waals surface area contributed by atoms with Gasteiger partial charge in [-0.05, 0) is 11.8 Å². The Hall–Kier alpha value is 0. The lowest BCUT2D eigenvalue weighted by Crippen LogP contribution is -1.96. The van der Waals surface area contributed by atoms with Crippen LogP contribution in [0.5, 0.6) is 0 Å². The second-order valence-electron chi connectivity index (χ2n) is 7.19. The average Bonchev–Trinajstić information content (AvgIpc) is 2.44. The Balaban J connectivity index is 3.19. The minimum atomic E-state index is 0.966. The summed E-state index contributed by atoms with van der Waals surface area (Å²) in [7, 11) is 0. The summed E-state index contributed by atoms with van der Waals surface area (Å²) < 4.78 is 0. The normalized spacial score (nSPS) is 14.4. The van der Waals surface area contributed by atoms with Gasteiger partial charge in [0.1, 0.15) is 0 Å². The van der Waals surface area contributed by atoms with E-state index in [2.05, 4.69) is 27.7 Å². The maximum Gasteiger partial charge on any atom is -0.0443 e. The van der Waals surface area contributed by atoms with Crippen molar-refractivity contribution in [2.75, 3.05) is 0 Å². The Kier molecular flexibility index (Phi) is 15.4. The molecule has 0 aliphatic carbocycles. The average molecular weight is 283 g/mol. The van der Waals surface area contributed by atoms with Gasteiger partial charge in [-0.1, -0.05) is 118 Å². The first kappa shape index (κ1) is 20.0. The van der Waals surface area contributed by atoms with Crippen molar-refractivity contribution in [3.05, 3.63) is 0 Å². The van der Waals surface area contributed by atoms with Crippen molar-refractivity contribution < 1.29 is 0 Å². The van der Waals surface area contributed by atoms with Gasteiger partial charge >= 0.3 is 0 Å². The highest BCUT2D eigenvalue weighted by Gasteiger charge is 2.03. The summed E-state index contributed by atoms with van der Waals surface area (Å²) >= 11 is 0. The molecular formula is C20H42. The standard InChI is InChI=1S/C20H42/c1-5-7-12-16-20(4)18-14-11-9-10-13-17-19(3)15-8-6-2/h19-20H,5-18H2,1-4H3. The maximum absolute atomic E-state index is 2.45. The van der Waals surface area contributed by atoms with Gasteiger partial charge in [-0.15, -0.1) is 0 Å². The highest BCUT2D eigenvalue weighted by atomic mass is 14.1. The van der Waals surface area contributed by atoms with Crippen molar-refractivity contribution >= 4 is 0 Å². The first-order chi connectivity index (χ1) is 9.70. The smallest absolute Gasteiger partial charge is 0.0443 e. The molecule has 0 saturated carbocycles. The van der Waals surface area contributed by atoms with E-state index in [1.54, 1.807) is 0 Å². The lowest BCUT2D eigenvalue weighted by atomic mass is 9.95. The molecule has 0 aromatic rings. The monoisotopic (exact) mass is 282 g/mol. The third-order valence-corrected chi connectivity index (χ3v) is 4.74. The molecule has 0 heterocycles. The Labute approximate surface area is 130 Å². The second kappa shape index (κ2) is 15.4. The molecule has 0 spiro atoms. The number of hydrogen-bond donors (Lipinski definition) is 0. The fraction of sp³-hybridized carbons (Fsp3) is 1.00. The van der Waals surface area contributed by atoms with Crippen LogP contribution in [0.3, 0.4) is 0 Å². The summed E-state index contributed by atoms with van der Waals surface area (Å²) in [6.07, 6.45) is 20.2. The SMILES string of the molecule is CCCCCC(C)CCCCCCCC(C)CCCC. The van der Waals surface area contributed by atoms with Gasteiger partial charge in [0.05, 0.1) is 0 Å². The lowest BCUT2D eigenvalue weighted by Gasteiger charge is -2.11. The summed E-state index contributed by atoms with van der Waals surface area (Å²) in [6.45, 7) is 9.49. The zero-order valence-electron chi connectivity index (χ0n) is 15.1. The quantitative estimate of drug-likeness (QED) is 0.269. The third kappa shape index (κ3) is 14.4. The molecule has 0 N–H and O–H groups in total. The zero-order valence-corrected chi connectivity index (χ0v) is 15.1. The largest absolute Gasteiger partial charge is 0.0654 e. The molecule has 0 amide bonds. The minimum Gasteiger partial charge on any atom is -0.0654 e. The van der Waals surface area contributed by atoms with Crippen molar-refractivity contribution in [2.45, 2.75) is 118 Å². The molecule has 0 heteroatoms. The van der Waals surface area contributed by atoms with Crippen LogP contribution >= 0.6 is 0 Å². The van der Waals surface area contributed by atoms with Crippen LogP contribution in [0.2, 0.25) is 0 Å². The number of unbranched alkanes of at least 4 members (excludes halogenated alkanes) is 7. The van der Waals surface area contributed by atoms with Gasteiger partial charge < -0.3 is 0 Å². The van der Waals surface area contributed by atoms with Gasteiger partial charge in [-0.3, -0.25) is 0 Å². The predicted molar refractivity (Wildman–Crippen MR) is 94.3 cm³/mol. The van der Waals surface area contributed by atoms with Gasteiger partial charge in [0.2, 0.25) is 0 Å². The zero-order chi connectivity index (χ0) is 15.1. The van der Waals surface area contributed by atoms with Crippen molar-refractivity contribution in [1.82, 2.24) is 0 Å². The van der Waals surface area contributed by atoms with Crippen LogP contribution in [0.25, 0.3) is 0 Å². The first-order valence-corrected chi connectivity index (χ1v) is 9.70. The van der Waals surface area contributed by atoms with Crippen LogP contribution in [-0.4, -0.2) is 0 Å². The molecule has 0 aromatic carbocycles. The van der Waals surface area contributed by atoms with Gasteiger partial charge in [-0.2, -0.15) is 0 Å². The van der Waals surface area contributed by atoms with E-state index in [0.29, 0.717) is 0 Å². The van der Waals surface area contributed by atoms with Crippen LogP contribution in [0.1, 0.15) is 118 Å². The van der Waals surface area contributed by atoms with Crippen molar-refractivity contribution in [1.29, 1.82) is 0 Å². The molecule has 122 valence electrons. The fourth-order valence-corrected chi connectivity index (χ4v) is 3.10. The van der Waals surface area contributed by atoms with E-state index in [4.69, 9.17) is 0 Å². The van der Waals surface area contributed by atoms with E-state index in [-0.39, 0.29) is 0 Å². The van der Waals surface area contributed by atoms with Gasteiger partial charge in [-0.25, -0.2) is 0 Å². The van der Waals surface area contributed by atoms with Crippen LogP contribution in [0.4, 0.5) is 0 Å². The maximum atomic E-state index is 2.45. The molecule has 2 atom stereocenters. The summed E-state index contributed by atoms with van der Waals surface area (Å²) in [5.41, 5.74) is 0. The van der Waals surface area contributed by atoms with E-state index in [0.717, 1.165) is 11.8 Å². The Morgan fingerprint density at radius 3 is 1.25 bits per heavy atom. The van der Waals surface area contributed by atoms with Crippen molar-refractivity contribution in [3.8, 4) is 0 Å². The predicted octanol–water partition coefficient (Wildman–Crippen LogP) is 7.76. The van der Waals surface area contributed by atoms with E-state index < -0.39 is 0 Å². The van der Waals surface area contributed by atoms with Crippen LogP contribution in [-0.2, 0) is 0 Å². The number of rotatable bonds is 15. The highest BCUT2D eigenvalue weighted by molar-refractivity contribution is 4.56. The van der Waals surface area contributed by atoms with Crippen molar-refractivity contribution in [3.63, 3.8) is 0 Å². The third-order valence-electron chi connectivity index (χ3n) is 4.74. The topological polar surface area (TPSA) is 0 Å². The molecule has 0 aromatic heterocycles. The van der Waals surface area contributed by atoms with E-state index in [9.17, 15) is 0 Å². The number of hydrogen-bond acceptors (Lipinski definition) is 0. The van der Waals surface area contributed by atoms with Gasteiger partial charge in [0, 0.05) is 0 Å². The second-order valence-corrected chi connectivity index (χ2v) is 7.19. The van der Waals surface area contributed by atoms with Crippen LogP contribution < -0.4 is 0 Å². The molecule has 0 aliphatic heterocycles. The summed E-state index contributed by atoms with van der Waals surface area (Å²) in [6, 6.07) is 0. The van der Waals surface area contributed by atoms with Gasteiger partial charge in [0.25, 0.3) is 0 Å². The van der Waals surface area contributed by atoms with E-state index in [1.807, 2.05) is 0 Å². The van der Waals surface area contributed by atoms with E-state index in [1.165, 1.54) is 89.9 Å². The van der Waals surface area contributed by atoms with Crippen molar-refractivity contribution in [2.24, 2.45) is 11.8 Å². The molecule has 0 saturated heterocycles. The molecule has 2 unspecified atom stereocenters. The highest BCUT2D eigenvalue weighted by Crippen LogP contribution is 2.19. The first-order valence-electron chi connectivity index (χ1n) is 9.70. The molecule has 0 rings (SSSR count). The Morgan fingerprint density at radius 2 is 0.800 bits per heavy atom. The molecule has 20 heavy (non-hydrogen) atoms. The lowest BCUT2D eigenvalue weighted by molar-refractivity contribution is 0.423. The Bertz CT molecular complexity index is 173. The molecule has 0 fully saturated rings. The van der Waals surface area contributed by atoms with Crippen LogP contribution in [0.15, 0.2) is 0 Å². The minimum absolute atomic E-state index is 0.966. The van der Waals surface area contributed by atoms with E-state index >= 15 is 0 Å². The molecular weight excluding hydrogens is 240 g/mol. The summed E-state index contributed by atoms with van der Waals surface area (Å²) in [5.74, 6) is 1.93. The molecule has 0 radical (unpaired) electrons. The molecule has 0 bridgehead atoms. The Morgan fingerprint density at radius 1 is 0.450 bits per heavy atom. The summed E-state index contributed by atoms with van der Waals surface area (Å²) in [5, 5.41) is 0. The molecule has 0 aliphatic rings. The van der Waals surface area contributed by atoms with Gasteiger partial charge in [0.15, 0.2) is 0 Å². The molecule has 0 nitrogen and oxygen atoms in total.